The van der Waals surface area contributed by atoms with Crippen molar-refractivity contribution in [2.24, 2.45) is 0 Å². The van der Waals surface area contributed by atoms with E-state index in [2.05, 4.69) is 10.6 Å². The first-order chi connectivity index (χ1) is 18.7. The second-order valence-corrected chi connectivity index (χ2v) is 8.70. The molecule has 11 heteroatoms. The van der Waals surface area contributed by atoms with Gasteiger partial charge in [-0.2, -0.15) is 0 Å². The summed E-state index contributed by atoms with van der Waals surface area (Å²) in [6.07, 6.45) is 1.33. The molecule has 10 nitrogen and oxygen atoms in total. The van der Waals surface area contributed by atoms with Crippen molar-refractivity contribution in [2.45, 2.75) is 6.92 Å². The molecule has 1 aliphatic heterocycles. The summed E-state index contributed by atoms with van der Waals surface area (Å²) >= 11 is 6.16. The van der Waals surface area contributed by atoms with E-state index in [9.17, 15) is 19.2 Å². The number of imide groups is 2. The van der Waals surface area contributed by atoms with Gasteiger partial charge in [-0.25, -0.2) is 9.69 Å². The van der Waals surface area contributed by atoms with Crippen LogP contribution in [0.4, 0.5) is 16.2 Å². The molecule has 0 spiro atoms. The molecule has 3 aromatic rings. The molecule has 0 atom stereocenters. The summed E-state index contributed by atoms with van der Waals surface area (Å²) < 4.78 is 16.2. The molecular weight excluding hydrogens is 526 g/mol. The summed E-state index contributed by atoms with van der Waals surface area (Å²) in [5.74, 6) is -1.03. The number of hydrogen-bond acceptors (Lipinski definition) is 7. The van der Waals surface area contributed by atoms with Crippen molar-refractivity contribution in [1.29, 1.82) is 0 Å². The monoisotopic (exact) mass is 549 g/mol. The van der Waals surface area contributed by atoms with Gasteiger partial charge in [-0.3, -0.25) is 19.7 Å². The summed E-state index contributed by atoms with van der Waals surface area (Å²) in [7, 11) is 2.91. The van der Waals surface area contributed by atoms with E-state index in [1.54, 1.807) is 55.5 Å². The molecule has 0 aliphatic carbocycles. The number of methoxy groups -OCH3 is 2. The van der Waals surface area contributed by atoms with Gasteiger partial charge in [0.2, 0.25) is 0 Å². The van der Waals surface area contributed by atoms with Gasteiger partial charge in [-0.05, 0) is 60.5 Å². The van der Waals surface area contributed by atoms with Crippen molar-refractivity contribution in [2.75, 3.05) is 31.0 Å². The third kappa shape index (κ3) is 5.86. The van der Waals surface area contributed by atoms with Crippen LogP contribution in [0.15, 0.2) is 66.2 Å². The van der Waals surface area contributed by atoms with Crippen LogP contribution in [0.3, 0.4) is 0 Å². The lowest BCUT2D eigenvalue weighted by Gasteiger charge is -2.27. The van der Waals surface area contributed by atoms with E-state index in [0.29, 0.717) is 27.6 Å². The number of rotatable bonds is 8. The average Bonchev–Trinajstić information content (AvgIpc) is 2.92. The maximum Gasteiger partial charge on any atom is 0.335 e. The number of amides is 5. The second-order valence-electron chi connectivity index (χ2n) is 8.29. The molecule has 1 aliphatic rings. The van der Waals surface area contributed by atoms with Crippen molar-refractivity contribution in [1.82, 2.24) is 5.32 Å². The number of urea groups is 1. The zero-order valence-corrected chi connectivity index (χ0v) is 22.0. The SMILES string of the molecule is COc1ccccc1NC(=O)COc1ccc(/C=C2/C(=O)NC(=O)N(c3cccc(Cl)c3C)C2=O)cc1OC. The lowest BCUT2D eigenvalue weighted by Crippen LogP contribution is -2.54. The highest BCUT2D eigenvalue weighted by atomic mass is 35.5. The first-order valence-corrected chi connectivity index (χ1v) is 12.0. The quantitative estimate of drug-likeness (QED) is 0.316. The second kappa shape index (κ2) is 11.7. The molecule has 0 unspecified atom stereocenters. The third-order valence-corrected chi connectivity index (χ3v) is 6.23. The van der Waals surface area contributed by atoms with Crippen molar-refractivity contribution >= 4 is 52.8 Å². The number of carbonyl (C=O) groups excluding carboxylic acids is 4. The Kier molecular flexibility index (Phi) is 8.16. The molecule has 1 heterocycles. The van der Waals surface area contributed by atoms with Crippen molar-refractivity contribution in [3.05, 3.63) is 82.4 Å². The van der Waals surface area contributed by atoms with Crippen LogP contribution in [0.2, 0.25) is 5.02 Å². The van der Waals surface area contributed by atoms with Gasteiger partial charge in [-0.15, -0.1) is 0 Å². The molecule has 2 N–H and O–H groups in total. The Hall–Kier alpha value is -4.83. The molecular formula is C28H24ClN3O7. The third-order valence-electron chi connectivity index (χ3n) is 5.82. The van der Waals surface area contributed by atoms with Gasteiger partial charge in [0.25, 0.3) is 17.7 Å². The summed E-state index contributed by atoms with van der Waals surface area (Å²) in [6, 6.07) is 15.5. The molecule has 39 heavy (non-hydrogen) atoms. The van der Waals surface area contributed by atoms with E-state index >= 15 is 0 Å². The standard InChI is InChI=1S/C28H24ClN3O7/c1-16-19(29)7-6-9-21(16)32-27(35)18(26(34)31-28(32)36)13-17-11-12-23(24(14-17)38-3)39-15-25(33)30-20-8-4-5-10-22(20)37-2/h4-14H,15H2,1-3H3,(H,30,33)(H,31,34,36)/b18-13-. The molecule has 0 bridgehead atoms. The Bertz CT molecular complexity index is 1500. The number of barbiturate groups is 1. The summed E-state index contributed by atoms with van der Waals surface area (Å²) in [5, 5.41) is 5.26. The largest absolute Gasteiger partial charge is 0.495 e. The molecule has 3 aromatic carbocycles. The smallest absolute Gasteiger partial charge is 0.335 e. The number of ether oxygens (including phenoxy) is 3. The molecule has 1 saturated heterocycles. The van der Waals surface area contributed by atoms with Crippen molar-refractivity contribution < 1.29 is 33.4 Å². The normalized spacial score (nSPS) is 14.2. The van der Waals surface area contributed by atoms with Crippen LogP contribution in [-0.2, 0) is 14.4 Å². The Morgan fingerprint density at radius 3 is 2.46 bits per heavy atom. The van der Waals surface area contributed by atoms with Gasteiger partial charge < -0.3 is 19.5 Å². The lowest BCUT2D eigenvalue weighted by molar-refractivity contribution is -0.122. The summed E-state index contributed by atoms with van der Waals surface area (Å²) in [6.45, 7) is 1.35. The average molecular weight is 550 g/mol. The Balaban J connectivity index is 1.53. The van der Waals surface area contributed by atoms with Gasteiger partial charge in [0.05, 0.1) is 25.6 Å². The molecule has 4 rings (SSSR count). The molecule has 200 valence electrons. The van der Waals surface area contributed by atoms with Gasteiger partial charge in [0, 0.05) is 5.02 Å². The summed E-state index contributed by atoms with van der Waals surface area (Å²) in [5.41, 5.74) is 1.43. The number of benzene rings is 3. The van der Waals surface area contributed by atoms with E-state index in [0.717, 1.165) is 4.90 Å². The highest BCUT2D eigenvalue weighted by molar-refractivity contribution is 6.40. The molecule has 0 radical (unpaired) electrons. The topological polar surface area (TPSA) is 123 Å². The predicted molar refractivity (Wildman–Crippen MR) is 145 cm³/mol. The van der Waals surface area contributed by atoms with E-state index in [4.69, 9.17) is 25.8 Å². The van der Waals surface area contributed by atoms with E-state index in [1.165, 1.54) is 32.4 Å². The number of hydrogen-bond donors (Lipinski definition) is 2. The number of para-hydroxylation sites is 2. The minimum Gasteiger partial charge on any atom is -0.495 e. The molecule has 0 aromatic heterocycles. The van der Waals surface area contributed by atoms with E-state index in [1.807, 2.05) is 0 Å². The van der Waals surface area contributed by atoms with Crippen LogP contribution < -0.4 is 29.7 Å². The zero-order valence-electron chi connectivity index (χ0n) is 21.2. The van der Waals surface area contributed by atoms with Crippen molar-refractivity contribution in [3.63, 3.8) is 0 Å². The highest BCUT2D eigenvalue weighted by Gasteiger charge is 2.37. The van der Waals surface area contributed by atoms with E-state index < -0.39 is 23.8 Å². The van der Waals surface area contributed by atoms with Crippen molar-refractivity contribution in [3.8, 4) is 17.2 Å². The number of halogens is 1. The maximum absolute atomic E-state index is 13.2. The van der Waals surface area contributed by atoms with Crippen LogP contribution in [0.25, 0.3) is 6.08 Å². The molecule has 0 saturated carbocycles. The van der Waals surface area contributed by atoms with Crippen LogP contribution in [0.5, 0.6) is 17.2 Å². The van der Waals surface area contributed by atoms with Crippen LogP contribution >= 0.6 is 11.6 Å². The fourth-order valence-electron chi connectivity index (χ4n) is 3.85. The van der Waals surface area contributed by atoms with Gasteiger partial charge in [-0.1, -0.05) is 35.9 Å². The lowest BCUT2D eigenvalue weighted by atomic mass is 10.1. The van der Waals surface area contributed by atoms with Crippen LogP contribution in [-0.4, -0.2) is 44.6 Å². The molecule has 1 fully saturated rings. The number of nitrogens with one attached hydrogen (secondary N) is 2. The van der Waals surface area contributed by atoms with Crippen LogP contribution in [0.1, 0.15) is 11.1 Å². The highest BCUT2D eigenvalue weighted by Crippen LogP contribution is 2.32. The minimum absolute atomic E-state index is 0.260. The number of nitrogens with zero attached hydrogens (tertiary/aromatic N) is 1. The fourth-order valence-corrected chi connectivity index (χ4v) is 4.02. The van der Waals surface area contributed by atoms with Crippen LogP contribution in [0, 0.1) is 6.92 Å². The number of anilines is 2. The van der Waals surface area contributed by atoms with Gasteiger partial charge in [0.1, 0.15) is 11.3 Å². The van der Waals surface area contributed by atoms with Gasteiger partial charge >= 0.3 is 6.03 Å². The first kappa shape index (κ1) is 27.2. The summed E-state index contributed by atoms with van der Waals surface area (Å²) in [4.78, 5) is 51.6. The Morgan fingerprint density at radius 1 is 0.974 bits per heavy atom. The van der Waals surface area contributed by atoms with E-state index in [-0.39, 0.29) is 29.4 Å². The minimum atomic E-state index is -0.875. The Morgan fingerprint density at radius 2 is 1.72 bits per heavy atom. The Labute approximate surface area is 229 Å². The maximum atomic E-state index is 13.2. The first-order valence-electron chi connectivity index (χ1n) is 11.6. The fraction of sp³-hybridized carbons (Fsp3) is 0.143. The predicted octanol–water partition coefficient (Wildman–Crippen LogP) is 4.35. The molecule has 5 amide bonds. The zero-order chi connectivity index (χ0) is 28.1. The number of carbonyl (C=O) groups is 4. The van der Waals surface area contributed by atoms with Gasteiger partial charge in [0.15, 0.2) is 18.1 Å².